The van der Waals surface area contributed by atoms with Crippen LogP contribution in [0.5, 0.6) is 0 Å². The third kappa shape index (κ3) is 21.2. The minimum absolute atomic E-state index is 0.160. The van der Waals surface area contributed by atoms with E-state index < -0.39 is 0 Å². The molecular weight excluding hydrogens is 362 g/mol. The largest absolute Gasteiger partial charge is 0.457 e. The third-order valence-corrected chi connectivity index (χ3v) is 4.94. The molecule has 3 N–H and O–H groups in total. The van der Waals surface area contributed by atoms with Gasteiger partial charge in [-0.3, -0.25) is 9.79 Å². The fraction of sp³-hybridized carbons (Fsp3) is 0.833. The predicted octanol–water partition coefficient (Wildman–Crippen LogP) is 5.53. The van der Waals surface area contributed by atoms with Gasteiger partial charge in [0.2, 0.25) is 0 Å². The molecule has 0 aromatic carbocycles. The van der Waals surface area contributed by atoms with Crippen molar-refractivity contribution in [2.24, 2.45) is 10.7 Å². The molecule has 5 nitrogen and oxygen atoms in total. The van der Waals surface area contributed by atoms with Crippen molar-refractivity contribution in [3.05, 3.63) is 12.2 Å². The second kappa shape index (κ2) is 21.4. The van der Waals surface area contributed by atoms with Crippen LogP contribution in [0.3, 0.4) is 0 Å². The molecule has 0 saturated carbocycles. The highest BCUT2D eigenvalue weighted by Gasteiger charge is 2.12. The van der Waals surface area contributed by atoms with Crippen molar-refractivity contribution in [2.45, 2.75) is 116 Å². The van der Waals surface area contributed by atoms with Gasteiger partial charge in [0.15, 0.2) is 0 Å². The second-order valence-electron chi connectivity index (χ2n) is 8.03. The molecule has 0 aliphatic carbocycles. The van der Waals surface area contributed by atoms with Crippen molar-refractivity contribution in [3.63, 3.8) is 0 Å². The van der Waals surface area contributed by atoms with Crippen LogP contribution in [0.4, 0.5) is 0 Å². The number of esters is 1. The number of nitrogens with two attached hydrogens (primary N) is 1. The maximum Gasteiger partial charge on any atom is 0.303 e. The van der Waals surface area contributed by atoms with Gasteiger partial charge in [0, 0.05) is 19.5 Å². The number of hydrogen-bond acceptors (Lipinski definition) is 5. The number of aliphatic imine (C=N–C) groups is 1. The van der Waals surface area contributed by atoms with Crippen molar-refractivity contribution >= 4 is 12.3 Å². The summed E-state index contributed by atoms with van der Waals surface area (Å²) in [4.78, 5) is 14.8. The maximum atomic E-state index is 11.0. The molecule has 170 valence electrons. The summed E-state index contributed by atoms with van der Waals surface area (Å²) in [5.41, 5.74) is 5.81. The van der Waals surface area contributed by atoms with Crippen molar-refractivity contribution in [1.82, 2.24) is 5.32 Å². The summed E-state index contributed by atoms with van der Waals surface area (Å²) in [6.07, 6.45) is 23.0. The highest BCUT2D eigenvalue weighted by Crippen LogP contribution is 2.12. The van der Waals surface area contributed by atoms with E-state index in [2.05, 4.69) is 23.3 Å². The van der Waals surface area contributed by atoms with Crippen molar-refractivity contribution in [1.29, 1.82) is 0 Å². The van der Waals surface area contributed by atoms with Gasteiger partial charge in [0.25, 0.3) is 0 Å². The molecule has 0 spiro atoms. The standard InChI is InChI=1S/C21H41NO2.C3H6N2/c1-4-5-6-7-8-9-10-11-12-13-14-15-16-17-18-21(19(2)22)24-20(3)23;1-2-5-3-4-1/h17-19,21H,4-16,22H2,1-3H3;3H,1-2H2,(H,4,5)/b18-17+;. The van der Waals surface area contributed by atoms with E-state index in [1.807, 2.05) is 13.0 Å². The van der Waals surface area contributed by atoms with Gasteiger partial charge in [-0.25, -0.2) is 0 Å². The van der Waals surface area contributed by atoms with Crippen LogP contribution >= 0.6 is 0 Å². The minimum Gasteiger partial charge on any atom is -0.457 e. The van der Waals surface area contributed by atoms with E-state index in [9.17, 15) is 4.79 Å². The molecule has 1 aliphatic heterocycles. The van der Waals surface area contributed by atoms with Crippen LogP contribution in [0.1, 0.15) is 104 Å². The number of carbonyl (C=O) groups excluding carboxylic acids is 1. The average Bonchev–Trinajstić information content (AvgIpc) is 3.27. The Bertz CT molecular complexity index is 416. The van der Waals surface area contributed by atoms with Crippen LogP contribution < -0.4 is 11.1 Å². The Labute approximate surface area is 180 Å². The fourth-order valence-corrected chi connectivity index (χ4v) is 3.17. The summed E-state index contributed by atoms with van der Waals surface area (Å²) in [5.74, 6) is -0.271. The van der Waals surface area contributed by atoms with Crippen LogP contribution in [0.2, 0.25) is 0 Å². The molecule has 5 heteroatoms. The van der Waals surface area contributed by atoms with Gasteiger partial charge < -0.3 is 15.8 Å². The van der Waals surface area contributed by atoms with Gasteiger partial charge in [-0.2, -0.15) is 0 Å². The first-order valence-corrected chi connectivity index (χ1v) is 11.9. The van der Waals surface area contributed by atoms with Gasteiger partial charge in [-0.1, -0.05) is 83.6 Å². The second-order valence-corrected chi connectivity index (χ2v) is 8.03. The van der Waals surface area contributed by atoms with Gasteiger partial charge >= 0.3 is 5.97 Å². The summed E-state index contributed by atoms with van der Waals surface area (Å²) in [6, 6.07) is -0.160. The van der Waals surface area contributed by atoms with E-state index in [0.29, 0.717) is 0 Å². The summed E-state index contributed by atoms with van der Waals surface area (Å²) < 4.78 is 5.17. The Kier molecular flexibility index (Phi) is 20.3. The number of nitrogens with zero attached hydrogens (tertiary/aromatic N) is 1. The number of carbonyl (C=O) groups is 1. The molecule has 2 unspecified atom stereocenters. The van der Waals surface area contributed by atoms with E-state index in [1.54, 1.807) is 6.34 Å². The van der Waals surface area contributed by atoms with Gasteiger partial charge in [0.05, 0.1) is 12.9 Å². The molecule has 0 radical (unpaired) electrons. The lowest BCUT2D eigenvalue weighted by atomic mass is 10.0. The fourth-order valence-electron chi connectivity index (χ4n) is 3.17. The number of allylic oxidation sites excluding steroid dienone is 1. The van der Waals surface area contributed by atoms with Crippen molar-refractivity contribution < 1.29 is 9.53 Å². The Balaban J connectivity index is 0.00000135. The molecule has 29 heavy (non-hydrogen) atoms. The summed E-state index contributed by atoms with van der Waals surface area (Å²) in [7, 11) is 0. The van der Waals surface area contributed by atoms with Crippen LogP contribution in [0, 0.1) is 0 Å². The van der Waals surface area contributed by atoms with Gasteiger partial charge in [-0.15, -0.1) is 0 Å². The first-order chi connectivity index (χ1) is 14.1. The Morgan fingerprint density at radius 3 is 2.00 bits per heavy atom. The van der Waals surface area contributed by atoms with Crippen LogP contribution in [0.15, 0.2) is 17.1 Å². The lowest BCUT2D eigenvalue weighted by Gasteiger charge is -2.16. The Morgan fingerprint density at radius 2 is 1.62 bits per heavy atom. The minimum atomic E-state index is -0.292. The molecular formula is C24H47N3O2. The highest BCUT2D eigenvalue weighted by atomic mass is 16.5. The number of nitrogens with one attached hydrogen (secondary N) is 1. The summed E-state index contributed by atoms with van der Waals surface area (Å²) >= 11 is 0. The number of ether oxygens (including phenoxy) is 1. The third-order valence-electron chi connectivity index (χ3n) is 4.94. The van der Waals surface area contributed by atoms with Crippen LogP contribution in [0.25, 0.3) is 0 Å². The Hall–Kier alpha value is -1.36. The lowest BCUT2D eigenvalue weighted by Crippen LogP contribution is -2.33. The zero-order valence-corrected chi connectivity index (χ0v) is 19.3. The Morgan fingerprint density at radius 1 is 1.07 bits per heavy atom. The molecule has 1 heterocycles. The number of hydrogen-bond donors (Lipinski definition) is 2. The summed E-state index contributed by atoms with van der Waals surface area (Å²) in [5, 5.41) is 2.93. The molecule has 0 amide bonds. The molecule has 1 rings (SSSR count). The van der Waals surface area contributed by atoms with E-state index in [0.717, 1.165) is 19.5 Å². The lowest BCUT2D eigenvalue weighted by molar-refractivity contribution is -0.144. The SMILES string of the molecule is C1=NCCN1.CCCCCCCCCCCCCC/C=C/C(OC(C)=O)C(C)N. The monoisotopic (exact) mass is 409 g/mol. The van der Waals surface area contributed by atoms with E-state index in [-0.39, 0.29) is 18.1 Å². The molecule has 0 aromatic rings. The predicted molar refractivity (Wildman–Crippen MR) is 125 cm³/mol. The highest BCUT2D eigenvalue weighted by molar-refractivity contribution is 5.66. The molecule has 1 aliphatic rings. The van der Waals surface area contributed by atoms with E-state index >= 15 is 0 Å². The van der Waals surface area contributed by atoms with E-state index in [1.165, 1.54) is 84.0 Å². The zero-order valence-electron chi connectivity index (χ0n) is 19.3. The molecule has 0 aromatic heterocycles. The van der Waals surface area contributed by atoms with Crippen LogP contribution in [-0.2, 0) is 9.53 Å². The van der Waals surface area contributed by atoms with Crippen molar-refractivity contribution in [3.8, 4) is 0 Å². The average molecular weight is 410 g/mol. The van der Waals surface area contributed by atoms with Gasteiger partial charge in [-0.05, 0) is 25.8 Å². The quantitative estimate of drug-likeness (QED) is 0.200. The normalized spacial score (nSPS) is 14.9. The molecule has 2 atom stereocenters. The molecule has 0 saturated heterocycles. The zero-order chi connectivity index (χ0) is 21.6. The van der Waals surface area contributed by atoms with Crippen LogP contribution in [-0.4, -0.2) is 37.5 Å². The van der Waals surface area contributed by atoms with E-state index in [4.69, 9.17) is 10.5 Å². The topological polar surface area (TPSA) is 76.7 Å². The number of rotatable bonds is 16. The number of unbranched alkanes of at least 4 members (excludes halogenated alkanes) is 12. The van der Waals surface area contributed by atoms with Crippen molar-refractivity contribution in [2.75, 3.05) is 13.1 Å². The summed E-state index contributed by atoms with van der Waals surface area (Å²) in [6.45, 7) is 7.54. The first-order valence-electron chi connectivity index (χ1n) is 11.9. The molecule has 0 fully saturated rings. The van der Waals surface area contributed by atoms with Gasteiger partial charge in [0.1, 0.15) is 6.10 Å². The molecule has 0 bridgehead atoms. The smallest absolute Gasteiger partial charge is 0.303 e. The maximum absolute atomic E-state index is 11.0. The first kappa shape index (κ1) is 27.6.